The lowest BCUT2D eigenvalue weighted by Crippen LogP contribution is -2.31. The number of hydrogen-bond acceptors (Lipinski definition) is 3. The zero-order valence-electron chi connectivity index (χ0n) is 12.5. The van der Waals surface area contributed by atoms with Gasteiger partial charge in [-0.3, -0.25) is 9.59 Å². The minimum Gasteiger partial charge on any atom is -0.481 e. The van der Waals surface area contributed by atoms with Gasteiger partial charge in [0.15, 0.2) is 0 Å². The smallest absolute Gasteiger partial charge is 0.313 e. The molecule has 0 fully saturated rings. The highest BCUT2D eigenvalue weighted by molar-refractivity contribution is 5.72. The monoisotopic (exact) mass is 286 g/mol. The van der Waals surface area contributed by atoms with E-state index in [0.29, 0.717) is 19.3 Å². The van der Waals surface area contributed by atoms with Crippen LogP contribution in [0, 0.1) is 17.8 Å². The van der Waals surface area contributed by atoms with E-state index in [0.717, 1.165) is 0 Å². The third kappa shape index (κ3) is 7.28. The summed E-state index contributed by atoms with van der Waals surface area (Å²) in [5.41, 5.74) is 0. The second kappa shape index (κ2) is 9.53. The molecule has 3 N–H and O–H groups in total. The highest BCUT2D eigenvalue weighted by Crippen LogP contribution is 2.19. The van der Waals surface area contributed by atoms with E-state index in [9.17, 15) is 14.7 Å². The molecule has 0 saturated carbocycles. The Morgan fingerprint density at radius 2 is 1.80 bits per heavy atom. The molecular formula is C15H26O5. The van der Waals surface area contributed by atoms with Gasteiger partial charge < -0.3 is 15.3 Å². The fraction of sp³-hybridized carbons (Fsp3) is 0.733. The number of aliphatic carboxylic acids is 2. The van der Waals surface area contributed by atoms with Gasteiger partial charge in [0.2, 0.25) is 0 Å². The lowest BCUT2D eigenvalue weighted by atomic mass is 9.89. The Labute approximate surface area is 120 Å². The topological polar surface area (TPSA) is 94.8 Å². The number of carboxylic acid groups (broad SMARTS) is 2. The summed E-state index contributed by atoms with van der Waals surface area (Å²) >= 11 is 0. The summed E-state index contributed by atoms with van der Waals surface area (Å²) in [7, 11) is 0. The predicted octanol–water partition coefficient (Wildman–Crippen LogP) is 2.54. The first-order valence-electron chi connectivity index (χ1n) is 7.08. The molecule has 0 bridgehead atoms. The van der Waals surface area contributed by atoms with Gasteiger partial charge in [0.05, 0.1) is 6.10 Å². The zero-order chi connectivity index (χ0) is 15.7. The van der Waals surface area contributed by atoms with Crippen LogP contribution in [0.25, 0.3) is 0 Å². The molecular weight excluding hydrogens is 260 g/mol. The Balaban J connectivity index is 4.42. The molecule has 0 aliphatic carbocycles. The van der Waals surface area contributed by atoms with Crippen LogP contribution in [0.3, 0.4) is 0 Å². The summed E-state index contributed by atoms with van der Waals surface area (Å²) in [4.78, 5) is 21.6. The first kappa shape index (κ1) is 18.6. The molecule has 0 radical (unpaired) electrons. The van der Waals surface area contributed by atoms with E-state index in [1.54, 1.807) is 6.08 Å². The summed E-state index contributed by atoms with van der Waals surface area (Å²) in [6.07, 6.45) is 4.37. The SMILES string of the molecule is CC[C@H](C)[C@@H](O)[C@@H](/C=C/C[C@H](C)CCC(=O)O)C(=O)O. The quantitative estimate of drug-likeness (QED) is 0.536. The fourth-order valence-electron chi connectivity index (χ4n) is 1.88. The van der Waals surface area contributed by atoms with Gasteiger partial charge in [-0.1, -0.05) is 39.3 Å². The summed E-state index contributed by atoms with van der Waals surface area (Å²) in [6, 6.07) is 0. The van der Waals surface area contributed by atoms with Crippen LogP contribution in [-0.4, -0.2) is 33.4 Å². The van der Waals surface area contributed by atoms with E-state index in [1.165, 1.54) is 6.08 Å². The van der Waals surface area contributed by atoms with Crippen LogP contribution in [0.5, 0.6) is 0 Å². The van der Waals surface area contributed by atoms with Crippen molar-refractivity contribution in [2.75, 3.05) is 0 Å². The maximum Gasteiger partial charge on any atom is 0.313 e. The molecule has 0 unspecified atom stereocenters. The third-order valence-corrected chi connectivity index (χ3v) is 3.61. The Morgan fingerprint density at radius 3 is 2.25 bits per heavy atom. The largest absolute Gasteiger partial charge is 0.481 e. The highest BCUT2D eigenvalue weighted by atomic mass is 16.4. The van der Waals surface area contributed by atoms with Gasteiger partial charge in [-0.25, -0.2) is 0 Å². The molecule has 5 nitrogen and oxygen atoms in total. The molecule has 0 aromatic heterocycles. The molecule has 0 aliphatic heterocycles. The molecule has 0 spiro atoms. The number of hydrogen-bond donors (Lipinski definition) is 3. The second-order valence-electron chi connectivity index (χ2n) is 5.44. The third-order valence-electron chi connectivity index (χ3n) is 3.61. The van der Waals surface area contributed by atoms with Crippen molar-refractivity contribution in [3.8, 4) is 0 Å². The first-order chi connectivity index (χ1) is 9.29. The predicted molar refractivity (Wildman–Crippen MR) is 76.4 cm³/mol. The second-order valence-corrected chi connectivity index (χ2v) is 5.44. The van der Waals surface area contributed by atoms with Gasteiger partial charge in [-0.2, -0.15) is 0 Å². The van der Waals surface area contributed by atoms with E-state index in [4.69, 9.17) is 10.2 Å². The van der Waals surface area contributed by atoms with Crippen LogP contribution in [0.2, 0.25) is 0 Å². The van der Waals surface area contributed by atoms with Gasteiger partial charge in [0.25, 0.3) is 0 Å². The fourth-order valence-corrected chi connectivity index (χ4v) is 1.88. The van der Waals surface area contributed by atoms with E-state index in [-0.39, 0.29) is 18.3 Å². The van der Waals surface area contributed by atoms with Crippen molar-refractivity contribution in [3.63, 3.8) is 0 Å². The van der Waals surface area contributed by atoms with Gasteiger partial charge in [-0.05, 0) is 24.7 Å². The number of aliphatic hydroxyl groups excluding tert-OH is 1. The van der Waals surface area contributed by atoms with Crippen molar-refractivity contribution in [1.29, 1.82) is 0 Å². The van der Waals surface area contributed by atoms with Gasteiger partial charge in [-0.15, -0.1) is 0 Å². The molecule has 0 aromatic rings. The highest BCUT2D eigenvalue weighted by Gasteiger charge is 2.27. The van der Waals surface area contributed by atoms with Crippen molar-refractivity contribution < 1.29 is 24.9 Å². The van der Waals surface area contributed by atoms with Crippen LogP contribution in [0.15, 0.2) is 12.2 Å². The molecule has 0 rings (SSSR count). The number of carboxylic acids is 2. The van der Waals surface area contributed by atoms with Crippen LogP contribution >= 0.6 is 0 Å². The van der Waals surface area contributed by atoms with E-state index in [1.807, 2.05) is 20.8 Å². The van der Waals surface area contributed by atoms with Gasteiger partial charge in [0, 0.05) is 6.42 Å². The van der Waals surface area contributed by atoms with Crippen molar-refractivity contribution in [2.24, 2.45) is 17.8 Å². The normalized spacial score (nSPS) is 17.6. The molecule has 5 heteroatoms. The van der Waals surface area contributed by atoms with Gasteiger partial charge >= 0.3 is 11.9 Å². The van der Waals surface area contributed by atoms with E-state index >= 15 is 0 Å². The average Bonchev–Trinajstić information content (AvgIpc) is 2.39. The number of allylic oxidation sites excluding steroid dienone is 1. The molecule has 0 saturated heterocycles. The van der Waals surface area contributed by atoms with Gasteiger partial charge in [0.1, 0.15) is 5.92 Å². The van der Waals surface area contributed by atoms with Crippen molar-refractivity contribution in [2.45, 2.75) is 52.6 Å². The maximum atomic E-state index is 11.2. The molecule has 0 heterocycles. The lowest BCUT2D eigenvalue weighted by molar-refractivity contribution is -0.144. The first-order valence-corrected chi connectivity index (χ1v) is 7.08. The molecule has 4 atom stereocenters. The Kier molecular flexibility index (Phi) is 8.88. The molecule has 116 valence electrons. The molecule has 0 aliphatic rings. The average molecular weight is 286 g/mol. The lowest BCUT2D eigenvalue weighted by Gasteiger charge is -2.21. The summed E-state index contributed by atoms with van der Waals surface area (Å²) < 4.78 is 0. The summed E-state index contributed by atoms with van der Waals surface area (Å²) in [5.74, 6) is -2.66. The number of rotatable bonds is 10. The van der Waals surface area contributed by atoms with Crippen LogP contribution in [0.1, 0.15) is 46.5 Å². The Bertz CT molecular complexity index is 337. The van der Waals surface area contributed by atoms with Crippen LogP contribution < -0.4 is 0 Å². The molecule has 20 heavy (non-hydrogen) atoms. The summed E-state index contributed by atoms with van der Waals surface area (Å²) in [6.45, 7) is 5.66. The van der Waals surface area contributed by atoms with E-state index in [2.05, 4.69) is 0 Å². The standard InChI is InChI=1S/C15H26O5/c1-4-11(3)14(18)12(15(19)20)7-5-6-10(2)8-9-13(16)17/h5,7,10-12,14,18H,4,6,8-9H2,1-3H3,(H,16,17)(H,19,20)/b7-5+/t10-,11-,12+,14+/m0/s1. The van der Waals surface area contributed by atoms with Crippen LogP contribution in [-0.2, 0) is 9.59 Å². The molecule has 0 aromatic carbocycles. The zero-order valence-corrected chi connectivity index (χ0v) is 12.5. The molecule has 0 amide bonds. The maximum absolute atomic E-state index is 11.2. The minimum absolute atomic E-state index is 0.0785. The Hall–Kier alpha value is -1.36. The van der Waals surface area contributed by atoms with Crippen molar-refractivity contribution >= 4 is 11.9 Å². The Morgan fingerprint density at radius 1 is 1.20 bits per heavy atom. The van der Waals surface area contributed by atoms with E-state index < -0.39 is 24.0 Å². The van der Waals surface area contributed by atoms with Crippen molar-refractivity contribution in [1.82, 2.24) is 0 Å². The van der Waals surface area contributed by atoms with Crippen molar-refractivity contribution in [3.05, 3.63) is 12.2 Å². The summed E-state index contributed by atoms with van der Waals surface area (Å²) in [5, 5.41) is 27.7. The van der Waals surface area contributed by atoms with Crippen LogP contribution in [0.4, 0.5) is 0 Å². The minimum atomic E-state index is -1.03. The number of aliphatic hydroxyl groups is 1. The number of carbonyl (C=O) groups is 2.